The van der Waals surface area contributed by atoms with E-state index in [1.807, 2.05) is 6.92 Å². The van der Waals surface area contributed by atoms with Gasteiger partial charge in [0.25, 0.3) is 0 Å². The fraction of sp³-hybridized carbons (Fsp3) is 0.833. The van der Waals surface area contributed by atoms with E-state index in [0.29, 0.717) is 12.8 Å². The molecule has 0 spiro atoms. The van der Waals surface area contributed by atoms with Crippen LogP contribution in [-0.4, -0.2) is 56.5 Å². The molecule has 2 unspecified atom stereocenters. The van der Waals surface area contributed by atoms with Crippen LogP contribution < -0.4 is 0 Å². The van der Waals surface area contributed by atoms with E-state index < -0.39 is 50.0 Å². The van der Waals surface area contributed by atoms with Crippen LogP contribution in [0.5, 0.6) is 0 Å². The van der Waals surface area contributed by atoms with Crippen molar-refractivity contribution in [1.82, 2.24) is 0 Å². The highest BCUT2D eigenvalue weighted by atomic mass is 32.2. The average Bonchev–Trinajstić information content (AvgIpc) is 2.73. The van der Waals surface area contributed by atoms with Crippen molar-refractivity contribution < 1.29 is 41.6 Å². The molecule has 0 aromatic heterocycles. The largest absolute Gasteiger partial charge is 0.748 e. The lowest BCUT2D eigenvalue weighted by Gasteiger charge is -2.39. The molecule has 0 rings (SSSR count). The summed E-state index contributed by atoms with van der Waals surface area (Å²) in [6.07, 6.45) is 1.97. The Morgan fingerprint density at radius 2 is 1.29 bits per heavy atom. The molecule has 2 atom stereocenters. The van der Waals surface area contributed by atoms with Crippen molar-refractivity contribution >= 4 is 28.0 Å². The first-order valence-corrected chi connectivity index (χ1v) is 13.3. The molecule has 34 heavy (non-hydrogen) atoms. The van der Waals surface area contributed by atoms with Gasteiger partial charge in [-0.1, -0.05) is 20.3 Å². The van der Waals surface area contributed by atoms with Gasteiger partial charge in [0.05, 0.1) is 46.2 Å². The van der Waals surface area contributed by atoms with Gasteiger partial charge in [-0.05, 0) is 73.1 Å². The van der Waals surface area contributed by atoms with E-state index in [1.54, 1.807) is 34.6 Å². The standard InChI is InChI=1S/C24H42O9S/c1-8-11-14-32-19(25)22(4,5)17-24(7,21(27)33-15-12-16-34(28,29)30)18-23(6,10-3)20(26)31-13-9-2/h2H,8-18H2,1,3-7H3,(H,28,29,30)/p-1. The van der Waals surface area contributed by atoms with Gasteiger partial charge in [0.2, 0.25) is 0 Å². The van der Waals surface area contributed by atoms with E-state index in [0.717, 1.165) is 6.42 Å². The molecule has 198 valence electrons. The topological polar surface area (TPSA) is 136 Å². The molecule has 0 aliphatic heterocycles. The summed E-state index contributed by atoms with van der Waals surface area (Å²) in [4.78, 5) is 38.7. The van der Waals surface area contributed by atoms with Crippen LogP contribution in [0.15, 0.2) is 0 Å². The Balaban J connectivity index is 5.81. The van der Waals surface area contributed by atoms with Gasteiger partial charge in [0.15, 0.2) is 0 Å². The second-order valence-corrected chi connectivity index (χ2v) is 11.4. The van der Waals surface area contributed by atoms with Crippen LogP contribution in [0.4, 0.5) is 0 Å². The van der Waals surface area contributed by atoms with Gasteiger partial charge >= 0.3 is 17.9 Å². The molecule has 0 fully saturated rings. The van der Waals surface area contributed by atoms with Gasteiger partial charge in [-0.25, -0.2) is 8.42 Å². The Morgan fingerprint density at radius 1 is 0.794 bits per heavy atom. The lowest BCUT2D eigenvalue weighted by atomic mass is 9.65. The second-order valence-electron chi connectivity index (χ2n) is 9.88. The van der Waals surface area contributed by atoms with Gasteiger partial charge in [0, 0.05) is 5.75 Å². The molecule has 0 N–H and O–H groups in total. The summed E-state index contributed by atoms with van der Waals surface area (Å²) >= 11 is 0. The van der Waals surface area contributed by atoms with Gasteiger partial charge < -0.3 is 18.8 Å². The molecule has 0 aromatic carbocycles. The summed E-state index contributed by atoms with van der Waals surface area (Å²) in [5, 5.41) is 0. The highest BCUT2D eigenvalue weighted by Gasteiger charge is 2.49. The number of unbranched alkanes of at least 4 members (excludes halogenated alkanes) is 1. The number of hydrogen-bond acceptors (Lipinski definition) is 9. The first-order chi connectivity index (χ1) is 15.6. The van der Waals surface area contributed by atoms with Crippen LogP contribution in [0.3, 0.4) is 0 Å². The van der Waals surface area contributed by atoms with Crippen LogP contribution in [0.25, 0.3) is 0 Å². The number of carbonyl (C=O) groups is 3. The Labute approximate surface area is 205 Å². The number of rotatable bonds is 17. The maximum Gasteiger partial charge on any atom is 0.311 e. The molecule has 0 saturated carbocycles. The first-order valence-electron chi connectivity index (χ1n) is 11.7. The number of carbonyl (C=O) groups excluding carboxylic acids is 3. The zero-order valence-corrected chi connectivity index (χ0v) is 22.3. The lowest BCUT2D eigenvalue weighted by molar-refractivity contribution is -0.168. The lowest BCUT2D eigenvalue weighted by Crippen LogP contribution is -2.44. The monoisotopic (exact) mass is 505 g/mol. The van der Waals surface area contributed by atoms with Gasteiger partial charge in [-0.2, -0.15) is 0 Å². The predicted molar refractivity (Wildman–Crippen MR) is 125 cm³/mol. The van der Waals surface area contributed by atoms with Crippen LogP contribution >= 0.6 is 0 Å². The Hall–Kier alpha value is -1.68. The minimum Gasteiger partial charge on any atom is -0.748 e. The van der Waals surface area contributed by atoms with E-state index in [2.05, 4.69) is 0 Å². The number of hydrogen-bond donors (Lipinski definition) is 0. The average molecular weight is 506 g/mol. The summed E-state index contributed by atoms with van der Waals surface area (Å²) in [5.41, 5.74) is -3.45. The Bertz CT molecular complexity index is 775. The molecule has 0 aliphatic rings. The number of ether oxygens (including phenoxy) is 3. The maximum atomic E-state index is 13.2. The molecule has 2 radical (unpaired) electrons. The summed E-state index contributed by atoms with van der Waals surface area (Å²) in [6, 6.07) is 0. The van der Waals surface area contributed by atoms with Crippen molar-refractivity contribution in [2.45, 2.75) is 86.5 Å². The molecule has 0 heterocycles. The first kappa shape index (κ1) is 32.3. The van der Waals surface area contributed by atoms with Crippen molar-refractivity contribution in [3.8, 4) is 0 Å². The van der Waals surface area contributed by atoms with Crippen molar-refractivity contribution in [1.29, 1.82) is 0 Å². The molecule has 10 heteroatoms. The molecule has 0 aliphatic carbocycles. The third-order valence-electron chi connectivity index (χ3n) is 5.78. The maximum absolute atomic E-state index is 13.2. The van der Waals surface area contributed by atoms with E-state index >= 15 is 0 Å². The minimum absolute atomic E-state index is 0.0173. The van der Waals surface area contributed by atoms with Gasteiger partial charge in [-0.3, -0.25) is 14.4 Å². The molecule has 0 amide bonds. The SMILES string of the molecule is [CH]CCOC(=O)C(C)(CC)CC(C)(CC(C)(C)C(=O)OCCCC)C(=O)OCCCS(=O)(=O)[O-]. The Morgan fingerprint density at radius 3 is 1.79 bits per heavy atom. The second kappa shape index (κ2) is 14.0. The van der Waals surface area contributed by atoms with Crippen molar-refractivity contribution in [2.24, 2.45) is 16.2 Å². The third kappa shape index (κ3) is 11.2. The molecule has 0 aromatic rings. The number of esters is 3. The minimum atomic E-state index is -4.44. The summed E-state index contributed by atoms with van der Waals surface area (Å²) < 4.78 is 48.4. The smallest absolute Gasteiger partial charge is 0.311 e. The van der Waals surface area contributed by atoms with Crippen molar-refractivity contribution in [3.63, 3.8) is 0 Å². The van der Waals surface area contributed by atoms with E-state index in [-0.39, 0.29) is 45.5 Å². The molecular formula is C24H41O9S-. The van der Waals surface area contributed by atoms with Gasteiger partial charge in [0.1, 0.15) is 0 Å². The predicted octanol–water partition coefficient (Wildman–Crippen LogP) is 3.68. The molecular weight excluding hydrogens is 464 g/mol. The third-order valence-corrected chi connectivity index (χ3v) is 6.57. The quantitative estimate of drug-likeness (QED) is 0.125. The van der Waals surface area contributed by atoms with Crippen LogP contribution in [0, 0.1) is 23.2 Å². The highest BCUT2D eigenvalue weighted by Crippen LogP contribution is 2.45. The normalized spacial score (nSPS) is 15.6. The summed E-state index contributed by atoms with van der Waals surface area (Å²) in [7, 11) is -4.44. The molecule has 0 saturated heterocycles. The summed E-state index contributed by atoms with van der Waals surface area (Å²) in [6.45, 7) is 15.8. The fourth-order valence-electron chi connectivity index (χ4n) is 3.86. The van der Waals surface area contributed by atoms with E-state index in [4.69, 9.17) is 21.1 Å². The fourth-order valence-corrected chi connectivity index (χ4v) is 4.33. The van der Waals surface area contributed by atoms with E-state index in [1.165, 1.54) is 0 Å². The van der Waals surface area contributed by atoms with Crippen LogP contribution in [0.2, 0.25) is 0 Å². The van der Waals surface area contributed by atoms with E-state index in [9.17, 15) is 27.4 Å². The Kier molecular flexibility index (Phi) is 13.3. The van der Waals surface area contributed by atoms with Crippen molar-refractivity contribution in [2.75, 3.05) is 25.6 Å². The van der Waals surface area contributed by atoms with Gasteiger partial charge in [-0.15, -0.1) is 0 Å². The van der Waals surface area contributed by atoms with Crippen LogP contribution in [0.1, 0.15) is 86.5 Å². The zero-order valence-electron chi connectivity index (χ0n) is 21.4. The molecule has 9 nitrogen and oxygen atoms in total. The highest BCUT2D eigenvalue weighted by molar-refractivity contribution is 7.85. The van der Waals surface area contributed by atoms with Crippen molar-refractivity contribution in [3.05, 3.63) is 6.92 Å². The van der Waals surface area contributed by atoms with Crippen LogP contribution in [-0.2, 0) is 38.7 Å². The molecule has 0 bridgehead atoms. The zero-order chi connectivity index (χ0) is 26.6. The summed E-state index contributed by atoms with van der Waals surface area (Å²) in [5.74, 6) is -2.34.